The van der Waals surface area contributed by atoms with Crippen molar-refractivity contribution < 1.29 is 9.59 Å². The molecule has 0 radical (unpaired) electrons. The normalized spacial score (nSPS) is 16.0. The molecular weight excluding hydrogens is 310 g/mol. The van der Waals surface area contributed by atoms with Crippen LogP contribution in [0.1, 0.15) is 53.0 Å². The van der Waals surface area contributed by atoms with E-state index in [2.05, 4.69) is 16.9 Å². The second kappa shape index (κ2) is 8.02. The molecule has 1 amide bonds. The van der Waals surface area contributed by atoms with Crippen LogP contribution in [0.4, 0.5) is 0 Å². The lowest BCUT2D eigenvalue weighted by Gasteiger charge is -2.20. The summed E-state index contributed by atoms with van der Waals surface area (Å²) in [5, 5.41) is 0.650. The van der Waals surface area contributed by atoms with Gasteiger partial charge in [0, 0.05) is 50.8 Å². The van der Waals surface area contributed by atoms with Crippen molar-refractivity contribution in [2.45, 2.75) is 45.6 Å². The number of Topliss-reactive ketones (excluding diaryl/α,β-unsaturated/α-hetero) is 1. The summed E-state index contributed by atoms with van der Waals surface area (Å²) in [6.07, 6.45) is 3.77. The number of fused-ring (bicyclic) bond motifs is 1. The molecule has 5 nitrogen and oxygen atoms in total. The zero-order valence-corrected chi connectivity index (χ0v) is 15.4. The Hall–Kier alpha value is -1.27. The molecule has 128 valence electrons. The molecule has 0 N–H and O–H groups in total. The summed E-state index contributed by atoms with van der Waals surface area (Å²) in [5.41, 5.74) is 1.10. The fraction of sp³-hybridized carbons (Fsp3) is 0.706. The third kappa shape index (κ3) is 4.61. The van der Waals surface area contributed by atoms with Crippen LogP contribution in [0.15, 0.2) is 0 Å². The highest BCUT2D eigenvalue weighted by Gasteiger charge is 2.22. The van der Waals surface area contributed by atoms with Gasteiger partial charge in [-0.2, -0.15) is 0 Å². The van der Waals surface area contributed by atoms with Crippen LogP contribution in [-0.4, -0.2) is 54.2 Å². The second-order valence-electron chi connectivity index (χ2n) is 6.53. The lowest BCUT2D eigenvalue weighted by molar-refractivity contribution is -0.133. The monoisotopic (exact) mass is 337 g/mol. The Morgan fingerprint density at radius 1 is 1.39 bits per heavy atom. The summed E-state index contributed by atoms with van der Waals surface area (Å²) in [4.78, 5) is 34.0. The van der Waals surface area contributed by atoms with Crippen LogP contribution < -0.4 is 0 Å². The maximum atomic E-state index is 12.4. The second-order valence-corrected chi connectivity index (χ2v) is 7.61. The van der Waals surface area contributed by atoms with E-state index < -0.39 is 0 Å². The number of amides is 1. The van der Waals surface area contributed by atoms with Crippen molar-refractivity contribution in [1.29, 1.82) is 0 Å². The van der Waals surface area contributed by atoms with Gasteiger partial charge in [0.15, 0.2) is 10.8 Å². The Kier molecular flexibility index (Phi) is 6.30. The molecule has 0 aliphatic carbocycles. The van der Waals surface area contributed by atoms with Gasteiger partial charge < -0.3 is 9.80 Å². The highest BCUT2D eigenvalue weighted by molar-refractivity contribution is 7.13. The fourth-order valence-electron chi connectivity index (χ4n) is 2.93. The van der Waals surface area contributed by atoms with Gasteiger partial charge in [-0.1, -0.05) is 6.92 Å². The zero-order chi connectivity index (χ0) is 17.0. The van der Waals surface area contributed by atoms with Crippen LogP contribution in [0.25, 0.3) is 0 Å². The van der Waals surface area contributed by atoms with E-state index in [0.29, 0.717) is 11.4 Å². The summed E-state index contributed by atoms with van der Waals surface area (Å²) in [6, 6.07) is 0. The smallest absolute Gasteiger partial charge is 0.225 e. The molecule has 0 saturated heterocycles. The van der Waals surface area contributed by atoms with Gasteiger partial charge >= 0.3 is 0 Å². The first-order chi connectivity index (χ1) is 10.9. The maximum absolute atomic E-state index is 12.4. The lowest BCUT2D eigenvalue weighted by atomic mass is 9.97. The van der Waals surface area contributed by atoms with Crippen molar-refractivity contribution in [2.24, 2.45) is 5.92 Å². The number of nitrogens with zero attached hydrogens (tertiary/aromatic N) is 3. The quantitative estimate of drug-likeness (QED) is 0.718. The first-order valence-electron chi connectivity index (χ1n) is 8.33. The minimum Gasteiger partial charge on any atom is -0.349 e. The van der Waals surface area contributed by atoms with E-state index >= 15 is 0 Å². The molecule has 1 aliphatic rings. The SMILES string of the molecule is CCC(CCCC(=O)c1nc2c(s1)CN(C)CC2)C(=O)N(C)C. The van der Waals surface area contributed by atoms with Crippen molar-refractivity contribution in [2.75, 3.05) is 27.7 Å². The number of hydrogen-bond acceptors (Lipinski definition) is 5. The largest absolute Gasteiger partial charge is 0.349 e. The minimum absolute atomic E-state index is 0.0240. The predicted molar refractivity (Wildman–Crippen MR) is 92.8 cm³/mol. The van der Waals surface area contributed by atoms with Crippen LogP contribution in [0, 0.1) is 5.92 Å². The van der Waals surface area contributed by atoms with Crippen LogP contribution in [-0.2, 0) is 17.8 Å². The van der Waals surface area contributed by atoms with Gasteiger partial charge in [-0.25, -0.2) is 4.98 Å². The molecule has 2 rings (SSSR count). The number of likely N-dealkylation sites (N-methyl/N-ethyl adjacent to an activating group) is 1. The average Bonchev–Trinajstić information content (AvgIpc) is 2.93. The standard InChI is InChI=1S/C17H27N3O2S/c1-5-12(17(22)19(2)3)7-6-8-14(21)16-18-13-9-10-20(4)11-15(13)23-16/h12H,5-11H2,1-4H3. The van der Waals surface area contributed by atoms with Crippen LogP contribution in [0.3, 0.4) is 0 Å². The van der Waals surface area contributed by atoms with Crippen molar-refractivity contribution in [1.82, 2.24) is 14.8 Å². The third-order valence-corrected chi connectivity index (χ3v) is 5.52. The number of thiazole rings is 1. The average molecular weight is 337 g/mol. The van der Waals surface area contributed by atoms with Crippen molar-refractivity contribution >= 4 is 23.0 Å². The van der Waals surface area contributed by atoms with E-state index in [0.717, 1.165) is 44.5 Å². The van der Waals surface area contributed by atoms with E-state index in [1.54, 1.807) is 30.3 Å². The number of hydrogen-bond donors (Lipinski definition) is 0. The first kappa shape index (κ1) is 18.1. The molecule has 6 heteroatoms. The van der Waals surface area contributed by atoms with Gasteiger partial charge in [0.05, 0.1) is 5.69 Å². The molecule has 1 atom stereocenters. The lowest BCUT2D eigenvalue weighted by Crippen LogP contribution is -2.29. The highest BCUT2D eigenvalue weighted by atomic mass is 32.1. The van der Waals surface area contributed by atoms with E-state index in [4.69, 9.17) is 0 Å². The maximum Gasteiger partial charge on any atom is 0.225 e. The number of carbonyl (C=O) groups is 2. The Balaban J connectivity index is 1.87. The fourth-order valence-corrected chi connectivity index (χ4v) is 4.08. The third-order valence-electron chi connectivity index (χ3n) is 4.40. The first-order valence-corrected chi connectivity index (χ1v) is 9.15. The summed E-state index contributed by atoms with van der Waals surface area (Å²) >= 11 is 1.55. The molecule has 2 heterocycles. The highest BCUT2D eigenvalue weighted by Crippen LogP contribution is 2.26. The molecule has 1 unspecified atom stereocenters. The Morgan fingerprint density at radius 2 is 2.13 bits per heavy atom. The Labute approximate surface area is 142 Å². The van der Waals surface area contributed by atoms with Gasteiger partial charge in [-0.05, 0) is 26.3 Å². The van der Waals surface area contributed by atoms with Crippen molar-refractivity contribution in [3.63, 3.8) is 0 Å². The predicted octanol–water partition coefficient (Wildman–Crippen LogP) is 2.60. The van der Waals surface area contributed by atoms with E-state index in [1.807, 2.05) is 6.92 Å². The molecule has 1 aromatic heterocycles. The zero-order valence-electron chi connectivity index (χ0n) is 14.6. The summed E-state index contributed by atoms with van der Waals surface area (Å²) < 4.78 is 0. The van der Waals surface area contributed by atoms with E-state index in [1.165, 1.54) is 4.88 Å². The molecular formula is C17H27N3O2S. The van der Waals surface area contributed by atoms with Gasteiger partial charge in [-0.15, -0.1) is 11.3 Å². The topological polar surface area (TPSA) is 53.5 Å². The van der Waals surface area contributed by atoms with Crippen LogP contribution >= 0.6 is 11.3 Å². The van der Waals surface area contributed by atoms with Gasteiger partial charge in [0.1, 0.15) is 0 Å². The molecule has 0 spiro atoms. The van der Waals surface area contributed by atoms with E-state index in [9.17, 15) is 9.59 Å². The number of ketones is 1. The van der Waals surface area contributed by atoms with Gasteiger partial charge in [0.25, 0.3) is 0 Å². The molecule has 23 heavy (non-hydrogen) atoms. The minimum atomic E-state index is 0.0240. The number of rotatable bonds is 7. The summed E-state index contributed by atoms with van der Waals surface area (Å²) in [5.74, 6) is 0.308. The summed E-state index contributed by atoms with van der Waals surface area (Å²) in [6.45, 7) is 3.93. The molecule has 1 aliphatic heterocycles. The summed E-state index contributed by atoms with van der Waals surface area (Å²) in [7, 11) is 5.66. The molecule has 0 bridgehead atoms. The van der Waals surface area contributed by atoms with Crippen molar-refractivity contribution in [3.8, 4) is 0 Å². The molecule has 0 fully saturated rings. The molecule has 0 saturated carbocycles. The van der Waals surface area contributed by atoms with Crippen LogP contribution in [0.2, 0.25) is 0 Å². The van der Waals surface area contributed by atoms with Crippen LogP contribution in [0.5, 0.6) is 0 Å². The Bertz CT molecular complexity index is 568. The van der Waals surface area contributed by atoms with Gasteiger partial charge in [-0.3, -0.25) is 9.59 Å². The van der Waals surface area contributed by atoms with Crippen molar-refractivity contribution in [3.05, 3.63) is 15.6 Å². The molecule has 1 aromatic rings. The number of aromatic nitrogens is 1. The van der Waals surface area contributed by atoms with Gasteiger partial charge in [0.2, 0.25) is 5.91 Å². The number of carbonyl (C=O) groups excluding carboxylic acids is 2. The Morgan fingerprint density at radius 3 is 2.78 bits per heavy atom. The van der Waals surface area contributed by atoms with E-state index in [-0.39, 0.29) is 17.6 Å². The molecule has 0 aromatic carbocycles.